The molecule has 1 aliphatic rings. The van der Waals surface area contributed by atoms with Gasteiger partial charge in [-0.1, -0.05) is 67.1 Å². The first-order chi connectivity index (χ1) is 16.7. The number of carbonyl (C=O) groups excluding carboxylic acids is 2. The van der Waals surface area contributed by atoms with Crippen LogP contribution in [0, 0.1) is 6.92 Å². The molecule has 3 aromatic carbocycles. The van der Waals surface area contributed by atoms with Crippen LogP contribution in [0.25, 0.3) is 16.0 Å². The molecule has 1 amide bonds. The van der Waals surface area contributed by atoms with E-state index in [1.54, 1.807) is 24.3 Å². The van der Waals surface area contributed by atoms with Gasteiger partial charge in [-0.25, -0.2) is 4.98 Å². The van der Waals surface area contributed by atoms with E-state index in [1.807, 2.05) is 49.4 Å². The Bertz CT molecular complexity index is 1490. The molecule has 0 spiro atoms. The number of hydrogen-bond donors (Lipinski definition) is 1. The second-order valence-electron chi connectivity index (χ2n) is 8.96. The summed E-state index contributed by atoms with van der Waals surface area (Å²) in [5.74, 6) is -1.37. The minimum absolute atomic E-state index is 0.0325. The van der Waals surface area contributed by atoms with Gasteiger partial charge in [0.2, 0.25) is 0 Å². The lowest BCUT2D eigenvalue weighted by Crippen LogP contribution is -2.29. The molecule has 1 fully saturated rings. The van der Waals surface area contributed by atoms with Gasteiger partial charge >= 0.3 is 5.91 Å². The van der Waals surface area contributed by atoms with Crippen LogP contribution in [0.4, 0.5) is 5.13 Å². The zero-order valence-corrected chi connectivity index (χ0v) is 21.0. The number of fused-ring (bicyclic) bond motifs is 1. The first kappa shape index (κ1) is 23.3. The van der Waals surface area contributed by atoms with Crippen LogP contribution in [-0.2, 0) is 9.59 Å². The Labute approximate surface area is 212 Å². The van der Waals surface area contributed by atoms with E-state index in [0.717, 1.165) is 26.9 Å². The summed E-state index contributed by atoms with van der Waals surface area (Å²) in [5, 5.41) is 12.2. The molecule has 1 aliphatic heterocycles. The summed E-state index contributed by atoms with van der Waals surface area (Å²) in [7, 11) is 0. The topological polar surface area (TPSA) is 70.5 Å². The summed E-state index contributed by atoms with van der Waals surface area (Å²) in [5.41, 5.74) is 4.14. The maximum Gasteiger partial charge on any atom is 0.301 e. The zero-order chi connectivity index (χ0) is 24.9. The summed E-state index contributed by atoms with van der Waals surface area (Å²) in [6.45, 7) is 6.20. The number of benzene rings is 3. The first-order valence-electron chi connectivity index (χ1n) is 11.3. The van der Waals surface area contributed by atoms with Crippen LogP contribution in [0.5, 0.6) is 0 Å². The zero-order valence-electron chi connectivity index (χ0n) is 19.4. The predicted molar refractivity (Wildman–Crippen MR) is 141 cm³/mol. The molecular formula is C28H23ClN2O3S. The highest BCUT2D eigenvalue weighted by Gasteiger charge is 2.48. The van der Waals surface area contributed by atoms with Crippen LogP contribution < -0.4 is 4.90 Å². The molecule has 5 nitrogen and oxygen atoms in total. The van der Waals surface area contributed by atoms with Gasteiger partial charge in [0.25, 0.3) is 5.78 Å². The molecule has 1 aromatic heterocycles. The van der Waals surface area contributed by atoms with Crippen molar-refractivity contribution in [2.24, 2.45) is 0 Å². The number of amides is 1. The molecule has 1 saturated heterocycles. The van der Waals surface area contributed by atoms with E-state index in [9.17, 15) is 14.7 Å². The number of rotatable bonds is 4. The monoisotopic (exact) mass is 502 g/mol. The van der Waals surface area contributed by atoms with Crippen molar-refractivity contribution in [2.45, 2.75) is 32.7 Å². The van der Waals surface area contributed by atoms with Gasteiger partial charge in [0.1, 0.15) is 5.76 Å². The van der Waals surface area contributed by atoms with Crippen molar-refractivity contribution in [3.05, 3.63) is 99.6 Å². The van der Waals surface area contributed by atoms with Crippen molar-refractivity contribution in [3.63, 3.8) is 0 Å². The van der Waals surface area contributed by atoms with Gasteiger partial charge in [0, 0.05) is 10.6 Å². The summed E-state index contributed by atoms with van der Waals surface area (Å²) < 4.78 is 0.925. The van der Waals surface area contributed by atoms with Crippen LogP contribution in [0.1, 0.15) is 48.1 Å². The third kappa shape index (κ3) is 4.13. The Morgan fingerprint density at radius 2 is 1.71 bits per heavy atom. The third-order valence-electron chi connectivity index (χ3n) is 6.22. The van der Waals surface area contributed by atoms with Gasteiger partial charge < -0.3 is 5.11 Å². The van der Waals surface area contributed by atoms with Crippen molar-refractivity contribution in [2.75, 3.05) is 4.90 Å². The molecule has 35 heavy (non-hydrogen) atoms. The number of hydrogen-bond acceptors (Lipinski definition) is 5. The summed E-state index contributed by atoms with van der Waals surface area (Å²) in [4.78, 5) is 32.8. The van der Waals surface area contributed by atoms with Gasteiger partial charge in [-0.05, 0) is 65.9 Å². The summed E-state index contributed by atoms with van der Waals surface area (Å²) in [6.07, 6.45) is 0. The lowest BCUT2D eigenvalue weighted by Gasteiger charge is -2.23. The minimum Gasteiger partial charge on any atom is -0.507 e. The first-order valence-corrected chi connectivity index (χ1v) is 12.5. The lowest BCUT2D eigenvalue weighted by atomic mass is 9.93. The fraction of sp³-hybridized carbons (Fsp3) is 0.179. The van der Waals surface area contributed by atoms with Crippen LogP contribution in [-0.4, -0.2) is 21.8 Å². The Hall–Kier alpha value is -3.48. The van der Waals surface area contributed by atoms with Crippen molar-refractivity contribution >= 4 is 55.7 Å². The number of nitrogens with zero attached hydrogens (tertiary/aromatic N) is 2. The fourth-order valence-corrected chi connectivity index (χ4v) is 5.51. The van der Waals surface area contributed by atoms with Gasteiger partial charge in [-0.2, -0.15) is 0 Å². The third-order valence-corrected chi connectivity index (χ3v) is 7.49. The SMILES string of the molecule is Cc1ccc2nc(N3C(=O)C(=O)C(=C(O)c4ccc(Cl)cc4)C3c3ccc(C(C)C)cc3)sc2c1. The van der Waals surface area contributed by atoms with Crippen molar-refractivity contribution in [1.29, 1.82) is 0 Å². The number of carbonyl (C=O) groups is 2. The van der Waals surface area contributed by atoms with Crippen molar-refractivity contribution in [3.8, 4) is 0 Å². The van der Waals surface area contributed by atoms with Gasteiger partial charge in [0.05, 0.1) is 21.8 Å². The maximum absolute atomic E-state index is 13.4. The Morgan fingerprint density at radius 1 is 1.03 bits per heavy atom. The number of aryl methyl sites for hydroxylation is 1. The number of thiazole rings is 1. The Balaban J connectivity index is 1.71. The molecule has 0 radical (unpaired) electrons. The second-order valence-corrected chi connectivity index (χ2v) is 10.4. The number of halogens is 1. The Kier molecular flexibility index (Phi) is 5.95. The standard InChI is InChI=1S/C28H23ClN2O3S/c1-15(2)17-5-7-18(8-6-17)24-23(25(32)19-9-11-20(29)12-10-19)26(33)27(34)31(24)28-30-21-13-4-16(3)14-22(21)35-28/h4-15,24,32H,1-3H3. The van der Waals surface area contributed by atoms with E-state index in [1.165, 1.54) is 16.2 Å². The smallest absolute Gasteiger partial charge is 0.301 e. The highest BCUT2D eigenvalue weighted by atomic mass is 35.5. The Morgan fingerprint density at radius 3 is 2.37 bits per heavy atom. The summed E-state index contributed by atoms with van der Waals surface area (Å²) >= 11 is 7.36. The average molecular weight is 503 g/mol. The highest BCUT2D eigenvalue weighted by Crippen LogP contribution is 2.44. The fourth-order valence-electron chi connectivity index (χ4n) is 4.29. The number of aromatic nitrogens is 1. The van der Waals surface area contributed by atoms with E-state index in [4.69, 9.17) is 11.6 Å². The van der Waals surface area contributed by atoms with E-state index in [-0.39, 0.29) is 11.3 Å². The molecule has 176 valence electrons. The molecule has 1 unspecified atom stereocenters. The highest BCUT2D eigenvalue weighted by molar-refractivity contribution is 7.22. The second kappa shape index (κ2) is 8.95. The van der Waals surface area contributed by atoms with E-state index in [0.29, 0.717) is 21.6 Å². The molecule has 4 aromatic rings. The van der Waals surface area contributed by atoms with Crippen LogP contribution in [0.2, 0.25) is 5.02 Å². The van der Waals surface area contributed by atoms with Crippen molar-refractivity contribution in [1.82, 2.24) is 4.98 Å². The van der Waals surface area contributed by atoms with Crippen LogP contribution in [0.3, 0.4) is 0 Å². The molecule has 5 rings (SSSR count). The quantitative estimate of drug-likeness (QED) is 0.185. The van der Waals surface area contributed by atoms with Gasteiger partial charge in [-0.3, -0.25) is 14.5 Å². The molecule has 0 saturated carbocycles. The number of Topliss-reactive ketones (excluding diaryl/α,β-unsaturated/α-hetero) is 1. The number of ketones is 1. The van der Waals surface area contributed by atoms with E-state index < -0.39 is 17.7 Å². The minimum atomic E-state index is -0.812. The number of aliphatic hydroxyl groups excluding tert-OH is 1. The summed E-state index contributed by atoms with van der Waals surface area (Å²) in [6, 6.07) is 19.4. The van der Waals surface area contributed by atoms with E-state index in [2.05, 4.69) is 18.8 Å². The van der Waals surface area contributed by atoms with Gasteiger partial charge in [-0.15, -0.1) is 0 Å². The maximum atomic E-state index is 13.4. The number of anilines is 1. The molecule has 7 heteroatoms. The molecular weight excluding hydrogens is 480 g/mol. The normalized spacial score (nSPS) is 17.6. The van der Waals surface area contributed by atoms with Gasteiger partial charge in [0.15, 0.2) is 5.13 Å². The van der Waals surface area contributed by atoms with E-state index >= 15 is 0 Å². The molecule has 0 aliphatic carbocycles. The average Bonchev–Trinajstić information content (AvgIpc) is 3.37. The molecule has 1 N–H and O–H groups in total. The molecule has 0 bridgehead atoms. The van der Waals surface area contributed by atoms with Crippen molar-refractivity contribution < 1.29 is 14.7 Å². The van der Waals surface area contributed by atoms with Crippen LogP contribution >= 0.6 is 22.9 Å². The molecule has 2 heterocycles. The predicted octanol–water partition coefficient (Wildman–Crippen LogP) is 7.01. The molecule has 1 atom stereocenters. The lowest BCUT2D eigenvalue weighted by molar-refractivity contribution is -0.132. The number of aliphatic hydroxyl groups is 1. The van der Waals surface area contributed by atoms with Crippen LogP contribution in [0.15, 0.2) is 72.3 Å². The largest absolute Gasteiger partial charge is 0.507 e.